The van der Waals surface area contributed by atoms with E-state index in [1.807, 2.05) is 13.0 Å². The third-order valence-corrected chi connectivity index (χ3v) is 2.58. The highest BCUT2D eigenvalue weighted by Gasteiger charge is 2.12. The lowest BCUT2D eigenvalue weighted by atomic mass is 10.1. The third-order valence-electron chi connectivity index (χ3n) is 2.08. The molecule has 0 aliphatic rings. The van der Waals surface area contributed by atoms with Crippen molar-refractivity contribution in [1.29, 1.82) is 0 Å². The summed E-state index contributed by atoms with van der Waals surface area (Å²) in [7, 11) is 0. The summed E-state index contributed by atoms with van der Waals surface area (Å²) in [6.07, 6.45) is 1.65. The smallest absolute Gasteiger partial charge is 0.141 e. The van der Waals surface area contributed by atoms with E-state index in [0.717, 1.165) is 12.0 Å². The largest absolute Gasteiger partial charge is 0.492 e. The van der Waals surface area contributed by atoms with Crippen LogP contribution >= 0.6 is 23.2 Å². The molecule has 0 radical (unpaired) electrons. The highest BCUT2D eigenvalue weighted by molar-refractivity contribution is 6.35. The molecule has 0 fully saturated rings. The predicted molar refractivity (Wildman–Crippen MR) is 69.6 cm³/mol. The Bertz CT molecular complexity index is 353. The molecule has 0 spiro atoms. The van der Waals surface area contributed by atoms with Gasteiger partial charge < -0.3 is 10.5 Å². The average molecular weight is 262 g/mol. The number of hydrogen-bond donors (Lipinski definition) is 1. The van der Waals surface area contributed by atoms with Crippen molar-refractivity contribution < 1.29 is 4.74 Å². The molecule has 0 heterocycles. The molecule has 0 aliphatic carbocycles. The Hall–Kier alpha value is -0.440. The molecule has 2 nitrogen and oxygen atoms in total. The highest BCUT2D eigenvalue weighted by Crippen LogP contribution is 2.33. The fourth-order valence-electron chi connectivity index (χ4n) is 1.48. The van der Waals surface area contributed by atoms with E-state index in [4.69, 9.17) is 33.7 Å². The molecule has 0 saturated carbocycles. The van der Waals surface area contributed by atoms with Crippen LogP contribution in [-0.2, 0) is 6.42 Å². The molecular formula is C12H17Cl2NO. The fourth-order valence-corrected chi connectivity index (χ4v) is 2.07. The number of ether oxygens (including phenoxy) is 1. The molecule has 2 N–H and O–H groups in total. The van der Waals surface area contributed by atoms with Gasteiger partial charge in [0.25, 0.3) is 0 Å². The molecule has 1 atom stereocenters. The van der Waals surface area contributed by atoms with E-state index < -0.39 is 0 Å². The van der Waals surface area contributed by atoms with Gasteiger partial charge in [0.05, 0.1) is 11.6 Å². The zero-order valence-corrected chi connectivity index (χ0v) is 11.1. The average Bonchev–Trinajstić information content (AvgIpc) is 2.15. The fraction of sp³-hybridized carbons (Fsp3) is 0.500. The standard InChI is InChI=1S/C12H17Cl2NO/c1-3-4-16-12-9(5-8(2)15)6-10(13)7-11(12)14/h6-8H,3-5,15H2,1-2H3. The lowest BCUT2D eigenvalue weighted by Gasteiger charge is -2.14. The van der Waals surface area contributed by atoms with Gasteiger partial charge in [-0.05, 0) is 37.5 Å². The van der Waals surface area contributed by atoms with E-state index in [1.165, 1.54) is 0 Å². The minimum atomic E-state index is 0.0542. The van der Waals surface area contributed by atoms with Crippen LogP contribution in [0.15, 0.2) is 12.1 Å². The summed E-state index contributed by atoms with van der Waals surface area (Å²) in [6, 6.07) is 3.61. The van der Waals surface area contributed by atoms with Crippen molar-refractivity contribution in [2.24, 2.45) is 5.73 Å². The summed E-state index contributed by atoms with van der Waals surface area (Å²) in [5.74, 6) is 0.713. The molecule has 1 aromatic rings. The van der Waals surface area contributed by atoms with Gasteiger partial charge in [0.1, 0.15) is 5.75 Å². The maximum atomic E-state index is 6.10. The lowest BCUT2D eigenvalue weighted by molar-refractivity contribution is 0.314. The second-order valence-corrected chi connectivity index (χ2v) is 4.75. The van der Waals surface area contributed by atoms with Crippen molar-refractivity contribution in [2.75, 3.05) is 6.61 Å². The van der Waals surface area contributed by atoms with Gasteiger partial charge in [-0.2, -0.15) is 0 Å². The van der Waals surface area contributed by atoms with E-state index in [0.29, 0.717) is 28.8 Å². The van der Waals surface area contributed by atoms with Gasteiger partial charge >= 0.3 is 0 Å². The minimum absolute atomic E-state index is 0.0542. The van der Waals surface area contributed by atoms with Crippen LogP contribution in [0.5, 0.6) is 5.75 Å². The normalized spacial score (nSPS) is 12.6. The van der Waals surface area contributed by atoms with Crippen molar-refractivity contribution >= 4 is 23.2 Å². The van der Waals surface area contributed by atoms with E-state index in [2.05, 4.69) is 6.92 Å². The number of rotatable bonds is 5. The van der Waals surface area contributed by atoms with Crippen LogP contribution < -0.4 is 10.5 Å². The van der Waals surface area contributed by atoms with Gasteiger partial charge in [-0.25, -0.2) is 0 Å². The zero-order valence-electron chi connectivity index (χ0n) is 9.59. The van der Waals surface area contributed by atoms with Gasteiger partial charge in [0, 0.05) is 11.1 Å². The zero-order chi connectivity index (χ0) is 12.1. The summed E-state index contributed by atoms with van der Waals surface area (Å²) in [5, 5.41) is 1.17. The van der Waals surface area contributed by atoms with Crippen LogP contribution in [0.3, 0.4) is 0 Å². The molecular weight excluding hydrogens is 245 g/mol. The first-order chi connectivity index (χ1) is 7.54. The number of halogens is 2. The molecule has 0 amide bonds. The van der Waals surface area contributed by atoms with Crippen LogP contribution in [0.4, 0.5) is 0 Å². The molecule has 0 saturated heterocycles. The summed E-state index contributed by atoms with van der Waals surface area (Å²) in [5.41, 5.74) is 6.75. The third kappa shape index (κ3) is 3.85. The van der Waals surface area contributed by atoms with Crippen molar-refractivity contribution in [2.45, 2.75) is 32.7 Å². The Labute approximate surface area is 107 Å². The quantitative estimate of drug-likeness (QED) is 0.878. The number of nitrogens with two attached hydrogens (primary N) is 1. The Balaban J connectivity index is 3.00. The van der Waals surface area contributed by atoms with Crippen molar-refractivity contribution in [1.82, 2.24) is 0 Å². The van der Waals surface area contributed by atoms with Crippen LogP contribution in [0.2, 0.25) is 10.0 Å². The molecule has 90 valence electrons. The second-order valence-electron chi connectivity index (χ2n) is 3.91. The van der Waals surface area contributed by atoms with Crippen LogP contribution in [-0.4, -0.2) is 12.6 Å². The van der Waals surface area contributed by atoms with Crippen molar-refractivity contribution in [3.63, 3.8) is 0 Å². The Morgan fingerprint density at radius 1 is 1.38 bits per heavy atom. The van der Waals surface area contributed by atoms with Gasteiger partial charge in [-0.15, -0.1) is 0 Å². The monoisotopic (exact) mass is 261 g/mol. The van der Waals surface area contributed by atoms with Crippen molar-refractivity contribution in [3.05, 3.63) is 27.7 Å². The molecule has 0 aromatic heterocycles. The van der Waals surface area contributed by atoms with Crippen LogP contribution in [0.1, 0.15) is 25.8 Å². The lowest BCUT2D eigenvalue weighted by Crippen LogP contribution is -2.18. The van der Waals surface area contributed by atoms with Gasteiger partial charge in [-0.3, -0.25) is 0 Å². The maximum Gasteiger partial charge on any atom is 0.141 e. The van der Waals surface area contributed by atoms with E-state index in [-0.39, 0.29) is 6.04 Å². The summed E-state index contributed by atoms with van der Waals surface area (Å²) in [4.78, 5) is 0. The number of hydrogen-bond acceptors (Lipinski definition) is 2. The molecule has 0 aliphatic heterocycles. The topological polar surface area (TPSA) is 35.2 Å². The van der Waals surface area contributed by atoms with Gasteiger partial charge in [-0.1, -0.05) is 30.1 Å². The molecule has 1 aromatic carbocycles. The molecule has 16 heavy (non-hydrogen) atoms. The minimum Gasteiger partial charge on any atom is -0.492 e. The molecule has 4 heteroatoms. The Morgan fingerprint density at radius 3 is 2.62 bits per heavy atom. The Kier molecular flexibility index (Phi) is 5.39. The summed E-state index contributed by atoms with van der Waals surface area (Å²) in [6.45, 7) is 4.64. The second kappa shape index (κ2) is 6.33. The van der Waals surface area contributed by atoms with E-state index in [9.17, 15) is 0 Å². The van der Waals surface area contributed by atoms with Crippen molar-refractivity contribution in [3.8, 4) is 5.75 Å². The first-order valence-electron chi connectivity index (χ1n) is 5.41. The summed E-state index contributed by atoms with van der Waals surface area (Å²) >= 11 is 12.1. The molecule has 1 unspecified atom stereocenters. The SMILES string of the molecule is CCCOc1c(Cl)cc(Cl)cc1CC(C)N. The first-order valence-corrected chi connectivity index (χ1v) is 6.16. The first kappa shape index (κ1) is 13.6. The molecule has 0 bridgehead atoms. The Morgan fingerprint density at radius 2 is 2.06 bits per heavy atom. The highest BCUT2D eigenvalue weighted by atomic mass is 35.5. The maximum absolute atomic E-state index is 6.10. The van der Waals surface area contributed by atoms with E-state index in [1.54, 1.807) is 6.07 Å². The summed E-state index contributed by atoms with van der Waals surface area (Å²) < 4.78 is 5.63. The van der Waals surface area contributed by atoms with E-state index >= 15 is 0 Å². The van der Waals surface area contributed by atoms with Gasteiger partial charge in [0.2, 0.25) is 0 Å². The number of benzene rings is 1. The predicted octanol–water partition coefficient (Wildman–Crippen LogP) is 3.67. The van der Waals surface area contributed by atoms with Gasteiger partial charge in [0.15, 0.2) is 0 Å². The van der Waals surface area contributed by atoms with Crippen LogP contribution in [0, 0.1) is 0 Å². The molecule has 1 rings (SSSR count). The van der Waals surface area contributed by atoms with Crippen LogP contribution in [0.25, 0.3) is 0 Å².